The van der Waals surface area contributed by atoms with E-state index in [9.17, 15) is 0 Å². The van der Waals surface area contributed by atoms with Gasteiger partial charge < -0.3 is 8.98 Å². The molecule has 0 spiro atoms. The molecule has 0 unspecified atom stereocenters. The lowest BCUT2D eigenvalue weighted by molar-refractivity contribution is 0.666. The van der Waals surface area contributed by atoms with Crippen LogP contribution in [0.4, 0.5) is 0 Å². The summed E-state index contributed by atoms with van der Waals surface area (Å²) in [6.07, 6.45) is 0. The largest absolute Gasteiger partial charge is 0.454 e. The van der Waals surface area contributed by atoms with E-state index >= 15 is 0 Å². The van der Waals surface area contributed by atoms with Gasteiger partial charge in [0.25, 0.3) is 0 Å². The predicted octanol–water partition coefficient (Wildman–Crippen LogP) is 13.9. The van der Waals surface area contributed by atoms with E-state index in [4.69, 9.17) is 19.4 Å². The van der Waals surface area contributed by atoms with Crippen LogP contribution in [0.1, 0.15) is 0 Å². The third-order valence-corrected chi connectivity index (χ3v) is 12.2. The fourth-order valence-corrected chi connectivity index (χ4v) is 9.55. The number of para-hydroxylation sites is 2. The molecule has 0 fully saturated rings. The molecule has 0 atom stereocenters. The van der Waals surface area contributed by atoms with E-state index in [1.807, 2.05) is 84.1 Å². The first-order valence-electron chi connectivity index (χ1n) is 19.0. The van der Waals surface area contributed by atoms with Crippen molar-refractivity contribution in [3.63, 3.8) is 0 Å². The topological polar surface area (TPSA) is 56.7 Å². The number of furan rings is 1. The molecule has 8 aromatic carbocycles. The maximum absolute atomic E-state index is 6.87. The second kappa shape index (κ2) is 12.6. The van der Waals surface area contributed by atoms with Gasteiger partial charge in [-0.25, -0.2) is 15.0 Å². The van der Waals surface area contributed by atoms with Gasteiger partial charge >= 0.3 is 0 Å². The molecule has 0 radical (unpaired) electrons. The van der Waals surface area contributed by atoms with Crippen molar-refractivity contribution in [3.8, 4) is 51.0 Å². The van der Waals surface area contributed by atoms with Gasteiger partial charge in [0.1, 0.15) is 11.3 Å². The van der Waals surface area contributed by atoms with Crippen molar-refractivity contribution >= 4 is 75.3 Å². The quantitative estimate of drug-likeness (QED) is 0.176. The zero-order chi connectivity index (χ0) is 37.5. The number of fused-ring (bicyclic) bond motifs is 9. The van der Waals surface area contributed by atoms with Gasteiger partial charge in [-0.15, -0.1) is 11.3 Å². The summed E-state index contributed by atoms with van der Waals surface area (Å²) in [7, 11) is 0. The minimum atomic E-state index is 0.569. The lowest BCUT2D eigenvalue weighted by atomic mass is 10.0. The van der Waals surface area contributed by atoms with E-state index in [0.717, 1.165) is 66.1 Å². The molecule has 266 valence electrons. The van der Waals surface area contributed by atoms with Crippen molar-refractivity contribution in [1.29, 1.82) is 0 Å². The molecular weight excluding hydrogens is 717 g/mol. The number of rotatable bonds is 5. The number of benzene rings is 8. The second-order valence-electron chi connectivity index (χ2n) is 14.4. The van der Waals surface area contributed by atoms with E-state index in [0.29, 0.717) is 17.5 Å². The Morgan fingerprint density at radius 2 is 0.965 bits per heavy atom. The van der Waals surface area contributed by atoms with E-state index in [-0.39, 0.29) is 0 Å². The molecule has 0 saturated carbocycles. The molecule has 0 aliphatic rings. The zero-order valence-electron chi connectivity index (χ0n) is 30.4. The SMILES string of the molecule is c1ccc(-c2nc(-c3ccccc3)nc(-c3ccc4c(oc5ccccc54)c3-n3c4ccccc4c4cc(-c5ccc6c(c5)sc5ccccc56)ccc43)n2)cc1. The normalized spacial score (nSPS) is 11.9. The second-order valence-corrected chi connectivity index (χ2v) is 15.5. The third-order valence-electron chi connectivity index (χ3n) is 11.1. The predicted molar refractivity (Wildman–Crippen MR) is 236 cm³/mol. The zero-order valence-corrected chi connectivity index (χ0v) is 31.2. The summed E-state index contributed by atoms with van der Waals surface area (Å²) in [6, 6.07) is 63.8. The Bertz CT molecular complexity index is 3470. The van der Waals surface area contributed by atoms with Gasteiger partial charge in [-0.05, 0) is 59.7 Å². The summed E-state index contributed by atoms with van der Waals surface area (Å²) in [5, 5.41) is 7.01. The summed E-state index contributed by atoms with van der Waals surface area (Å²) in [5.74, 6) is 1.79. The average molecular weight is 747 g/mol. The Hall–Kier alpha value is -7.41. The standard InChI is InChI=1S/C51H30N4OS/c1-3-13-31(14-4-1)49-52-50(32-15-5-2-6-16-32)54-51(53-49)40-27-26-39-36-18-8-11-21-44(36)56-48(39)47(40)55-42-20-10-7-17-35(42)41-29-33(24-28-43(41)55)34-23-25-38-37-19-9-12-22-45(37)57-46(38)30-34/h1-30H. The van der Waals surface area contributed by atoms with Gasteiger partial charge in [-0.3, -0.25) is 0 Å². The van der Waals surface area contributed by atoms with Crippen LogP contribution in [0.5, 0.6) is 0 Å². The maximum Gasteiger partial charge on any atom is 0.166 e. The number of nitrogens with zero attached hydrogens (tertiary/aromatic N) is 4. The van der Waals surface area contributed by atoms with Crippen LogP contribution in [-0.2, 0) is 0 Å². The van der Waals surface area contributed by atoms with Crippen LogP contribution < -0.4 is 0 Å². The molecule has 57 heavy (non-hydrogen) atoms. The van der Waals surface area contributed by atoms with Gasteiger partial charge in [0.2, 0.25) is 0 Å². The molecular formula is C51H30N4OS. The van der Waals surface area contributed by atoms with Crippen LogP contribution in [0.25, 0.3) is 115 Å². The molecule has 12 aromatic rings. The summed E-state index contributed by atoms with van der Waals surface area (Å²) in [6.45, 7) is 0. The fourth-order valence-electron chi connectivity index (χ4n) is 8.40. The monoisotopic (exact) mass is 746 g/mol. The average Bonchev–Trinajstić information content (AvgIpc) is 3.95. The minimum Gasteiger partial charge on any atom is -0.454 e. The molecule has 0 bridgehead atoms. The smallest absolute Gasteiger partial charge is 0.166 e. The molecule has 4 aromatic heterocycles. The highest BCUT2D eigenvalue weighted by Crippen LogP contribution is 2.44. The van der Waals surface area contributed by atoms with Crippen molar-refractivity contribution in [1.82, 2.24) is 19.5 Å². The summed E-state index contributed by atoms with van der Waals surface area (Å²) >= 11 is 1.85. The Balaban J connectivity index is 1.14. The molecule has 0 amide bonds. The van der Waals surface area contributed by atoms with E-state index in [1.54, 1.807) is 0 Å². The molecule has 4 heterocycles. The Labute approximate surface area is 330 Å². The summed E-state index contributed by atoms with van der Waals surface area (Å²) in [4.78, 5) is 15.4. The van der Waals surface area contributed by atoms with E-state index < -0.39 is 0 Å². The van der Waals surface area contributed by atoms with Gasteiger partial charge in [-0.2, -0.15) is 0 Å². The van der Waals surface area contributed by atoms with Gasteiger partial charge in [-0.1, -0.05) is 133 Å². The highest BCUT2D eigenvalue weighted by Gasteiger charge is 2.24. The van der Waals surface area contributed by atoms with Crippen molar-refractivity contribution < 1.29 is 4.42 Å². The minimum absolute atomic E-state index is 0.569. The van der Waals surface area contributed by atoms with Crippen molar-refractivity contribution in [2.75, 3.05) is 0 Å². The van der Waals surface area contributed by atoms with Crippen LogP contribution in [0.3, 0.4) is 0 Å². The first-order valence-corrected chi connectivity index (χ1v) is 19.8. The van der Waals surface area contributed by atoms with Gasteiger partial charge in [0.15, 0.2) is 23.1 Å². The van der Waals surface area contributed by atoms with E-state index in [2.05, 4.69) is 114 Å². The highest BCUT2D eigenvalue weighted by molar-refractivity contribution is 7.25. The van der Waals surface area contributed by atoms with Crippen molar-refractivity contribution in [2.24, 2.45) is 0 Å². The number of thiophene rings is 1. The molecule has 5 nitrogen and oxygen atoms in total. The van der Waals surface area contributed by atoms with Gasteiger partial charge in [0, 0.05) is 58.4 Å². The number of hydrogen-bond acceptors (Lipinski definition) is 5. The maximum atomic E-state index is 6.87. The Morgan fingerprint density at radius 1 is 0.386 bits per heavy atom. The molecule has 0 N–H and O–H groups in total. The Kier molecular flexibility index (Phi) is 7.03. The first-order chi connectivity index (χ1) is 28.2. The highest BCUT2D eigenvalue weighted by atomic mass is 32.1. The van der Waals surface area contributed by atoms with Crippen molar-refractivity contribution in [2.45, 2.75) is 0 Å². The Morgan fingerprint density at radius 3 is 1.75 bits per heavy atom. The molecule has 0 aliphatic heterocycles. The van der Waals surface area contributed by atoms with Crippen LogP contribution in [0.2, 0.25) is 0 Å². The van der Waals surface area contributed by atoms with Crippen LogP contribution in [0.15, 0.2) is 186 Å². The van der Waals surface area contributed by atoms with Crippen LogP contribution in [-0.4, -0.2) is 19.5 Å². The fraction of sp³-hybridized carbons (Fsp3) is 0. The van der Waals surface area contributed by atoms with Gasteiger partial charge in [0.05, 0.1) is 11.0 Å². The molecule has 0 aliphatic carbocycles. The molecule has 6 heteroatoms. The van der Waals surface area contributed by atoms with Crippen molar-refractivity contribution in [3.05, 3.63) is 182 Å². The molecule has 0 saturated heterocycles. The number of aromatic nitrogens is 4. The summed E-state index contributed by atoms with van der Waals surface area (Å²) in [5.41, 5.74) is 9.68. The number of hydrogen-bond donors (Lipinski definition) is 0. The van der Waals surface area contributed by atoms with Crippen LogP contribution >= 0.6 is 11.3 Å². The lowest BCUT2D eigenvalue weighted by Gasteiger charge is -2.15. The van der Waals surface area contributed by atoms with E-state index in [1.165, 1.54) is 31.3 Å². The first kappa shape index (κ1) is 31.9. The summed E-state index contributed by atoms with van der Waals surface area (Å²) < 4.78 is 11.8. The lowest BCUT2D eigenvalue weighted by Crippen LogP contribution is -2.04. The third kappa shape index (κ3) is 5.04. The van der Waals surface area contributed by atoms with Crippen LogP contribution in [0, 0.1) is 0 Å². The molecule has 12 rings (SSSR count).